The Kier molecular flexibility index (Phi) is 4.22. The van der Waals surface area contributed by atoms with Gasteiger partial charge in [-0.15, -0.1) is 0 Å². The lowest BCUT2D eigenvalue weighted by Gasteiger charge is -2.16. The van der Waals surface area contributed by atoms with Crippen molar-refractivity contribution < 1.29 is 4.79 Å². The van der Waals surface area contributed by atoms with Crippen LogP contribution in [0.3, 0.4) is 0 Å². The molecule has 0 fully saturated rings. The molecule has 0 saturated heterocycles. The molecule has 0 spiro atoms. The number of amides is 1. The van der Waals surface area contributed by atoms with Crippen LogP contribution in [-0.4, -0.2) is 36.0 Å². The zero-order valence-corrected chi connectivity index (χ0v) is 11.8. The van der Waals surface area contributed by atoms with Gasteiger partial charge in [0.1, 0.15) is 0 Å². The third-order valence-electron chi connectivity index (χ3n) is 3.40. The molecular weight excluding hydrogens is 238 g/mol. The molecule has 0 radical (unpaired) electrons. The van der Waals surface area contributed by atoms with E-state index in [0.29, 0.717) is 13.0 Å². The Labute approximate surface area is 114 Å². The monoisotopic (exact) mass is 259 g/mol. The highest BCUT2D eigenvalue weighted by atomic mass is 16.2. The van der Waals surface area contributed by atoms with Crippen LogP contribution in [0.15, 0.2) is 30.5 Å². The highest BCUT2D eigenvalue weighted by Crippen LogP contribution is 2.21. The van der Waals surface area contributed by atoms with Crippen LogP contribution in [0, 0.1) is 0 Å². The lowest BCUT2D eigenvalue weighted by molar-refractivity contribution is -0.130. The van der Waals surface area contributed by atoms with Crippen molar-refractivity contribution in [3.05, 3.63) is 36.0 Å². The SMILES string of the molecule is CNCCC(=O)N(C)Cc1cn(C)c2ccccc12. The van der Waals surface area contributed by atoms with Gasteiger partial charge in [0.25, 0.3) is 0 Å². The summed E-state index contributed by atoms with van der Waals surface area (Å²) in [5.74, 6) is 0.169. The molecule has 0 bridgehead atoms. The van der Waals surface area contributed by atoms with Crippen LogP contribution >= 0.6 is 0 Å². The van der Waals surface area contributed by atoms with E-state index in [1.165, 1.54) is 16.5 Å². The number of nitrogens with zero attached hydrogens (tertiary/aromatic N) is 2. The summed E-state index contributed by atoms with van der Waals surface area (Å²) in [6, 6.07) is 8.28. The van der Waals surface area contributed by atoms with Crippen LogP contribution in [0.4, 0.5) is 0 Å². The first kappa shape index (κ1) is 13.6. The van der Waals surface area contributed by atoms with Gasteiger partial charge in [0.2, 0.25) is 5.91 Å². The topological polar surface area (TPSA) is 37.3 Å². The molecule has 102 valence electrons. The molecule has 0 aliphatic heterocycles. The minimum atomic E-state index is 0.169. The maximum atomic E-state index is 11.9. The van der Waals surface area contributed by atoms with Crippen LogP contribution in [-0.2, 0) is 18.4 Å². The first-order valence-electron chi connectivity index (χ1n) is 6.55. The predicted octanol–water partition coefficient (Wildman–Crippen LogP) is 1.75. The van der Waals surface area contributed by atoms with Gasteiger partial charge in [0, 0.05) is 50.7 Å². The molecule has 0 aliphatic rings. The van der Waals surface area contributed by atoms with Gasteiger partial charge >= 0.3 is 0 Å². The van der Waals surface area contributed by atoms with E-state index in [1.54, 1.807) is 4.90 Å². The van der Waals surface area contributed by atoms with Crippen LogP contribution in [0.1, 0.15) is 12.0 Å². The molecule has 1 amide bonds. The predicted molar refractivity (Wildman–Crippen MR) is 77.9 cm³/mol. The summed E-state index contributed by atoms with van der Waals surface area (Å²) in [5.41, 5.74) is 2.40. The number of benzene rings is 1. The number of carbonyl (C=O) groups is 1. The van der Waals surface area contributed by atoms with Crippen molar-refractivity contribution in [2.75, 3.05) is 20.6 Å². The number of rotatable bonds is 5. The van der Waals surface area contributed by atoms with E-state index < -0.39 is 0 Å². The Morgan fingerprint density at radius 1 is 1.37 bits per heavy atom. The lowest BCUT2D eigenvalue weighted by atomic mass is 10.1. The number of nitrogens with one attached hydrogen (secondary N) is 1. The summed E-state index contributed by atoms with van der Waals surface area (Å²) >= 11 is 0. The van der Waals surface area contributed by atoms with Crippen LogP contribution < -0.4 is 5.32 Å². The fraction of sp³-hybridized carbons (Fsp3) is 0.400. The summed E-state index contributed by atoms with van der Waals surface area (Å²) in [6.07, 6.45) is 2.64. The summed E-state index contributed by atoms with van der Waals surface area (Å²) < 4.78 is 2.11. The maximum Gasteiger partial charge on any atom is 0.223 e. The third kappa shape index (κ3) is 2.96. The highest BCUT2D eigenvalue weighted by molar-refractivity contribution is 5.84. The number of hydrogen-bond donors (Lipinski definition) is 1. The highest BCUT2D eigenvalue weighted by Gasteiger charge is 2.12. The number of aryl methyl sites for hydroxylation is 1. The molecule has 1 heterocycles. The average molecular weight is 259 g/mol. The van der Waals surface area contributed by atoms with Gasteiger partial charge in [0.15, 0.2) is 0 Å². The Balaban J connectivity index is 2.15. The van der Waals surface area contributed by atoms with E-state index >= 15 is 0 Å². The second-order valence-electron chi connectivity index (χ2n) is 4.89. The molecule has 19 heavy (non-hydrogen) atoms. The quantitative estimate of drug-likeness (QED) is 0.888. The van der Waals surface area contributed by atoms with Crippen molar-refractivity contribution in [1.29, 1.82) is 0 Å². The number of para-hydroxylation sites is 1. The number of carbonyl (C=O) groups excluding carboxylic acids is 1. The molecular formula is C15H21N3O. The second-order valence-corrected chi connectivity index (χ2v) is 4.89. The summed E-state index contributed by atoms with van der Waals surface area (Å²) in [4.78, 5) is 13.7. The van der Waals surface area contributed by atoms with Crippen molar-refractivity contribution in [3.63, 3.8) is 0 Å². The fourth-order valence-corrected chi connectivity index (χ4v) is 2.32. The Bertz CT molecular complexity index is 574. The number of aromatic nitrogens is 1. The van der Waals surface area contributed by atoms with E-state index in [2.05, 4.69) is 28.2 Å². The zero-order valence-electron chi connectivity index (χ0n) is 11.8. The Morgan fingerprint density at radius 2 is 2.11 bits per heavy atom. The zero-order chi connectivity index (χ0) is 13.8. The molecule has 2 rings (SSSR count). The molecule has 1 aromatic heterocycles. The average Bonchev–Trinajstić information content (AvgIpc) is 2.73. The van der Waals surface area contributed by atoms with E-state index in [4.69, 9.17) is 0 Å². The molecule has 4 nitrogen and oxygen atoms in total. The molecule has 0 aliphatic carbocycles. The van der Waals surface area contributed by atoms with Crippen LogP contribution in [0.2, 0.25) is 0 Å². The maximum absolute atomic E-state index is 11.9. The molecule has 0 atom stereocenters. The fourth-order valence-electron chi connectivity index (χ4n) is 2.32. The largest absolute Gasteiger partial charge is 0.350 e. The normalized spacial score (nSPS) is 10.9. The minimum absolute atomic E-state index is 0.169. The molecule has 1 N–H and O–H groups in total. The van der Waals surface area contributed by atoms with Gasteiger partial charge in [-0.1, -0.05) is 18.2 Å². The number of hydrogen-bond acceptors (Lipinski definition) is 2. The Hall–Kier alpha value is -1.81. The first-order chi connectivity index (χ1) is 9.13. The van der Waals surface area contributed by atoms with Crippen LogP contribution in [0.25, 0.3) is 10.9 Å². The molecule has 4 heteroatoms. The molecule has 0 saturated carbocycles. The van der Waals surface area contributed by atoms with Gasteiger partial charge in [0.05, 0.1) is 0 Å². The second kappa shape index (κ2) is 5.89. The number of fused-ring (bicyclic) bond motifs is 1. The lowest BCUT2D eigenvalue weighted by Crippen LogP contribution is -2.28. The summed E-state index contributed by atoms with van der Waals surface area (Å²) in [5, 5.41) is 4.22. The molecule has 2 aromatic rings. The van der Waals surface area contributed by atoms with Crippen molar-refractivity contribution in [1.82, 2.24) is 14.8 Å². The Morgan fingerprint density at radius 3 is 2.84 bits per heavy atom. The van der Waals surface area contributed by atoms with Crippen molar-refractivity contribution >= 4 is 16.8 Å². The van der Waals surface area contributed by atoms with E-state index in [0.717, 1.165) is 6.54 Å². The molecule has 0 unspecified atom stereocenters. The standard InChI is InChI=1S/C15H21N3O/c1-16-9-8-15(19)18(3)11-12-10-17(2)14-7-5-4-6-13(12)14/h4-7,10,16H,8-9,11H2,1-3H3. The van der Waals surface area contributed by atoms with Gasteiger partial charge in [-0.3, -0.25) is 4.79 Å². The van der Waals surface area contributed by atoms with E-state index in [-0.39, 0.29) is 5.91 Å². The van der Waals surface area contributed by atoms with Crippen molar-refractivity contribution in [3.8, 4) is 0 Å². The van der Waals surface area contributed by atoms with E-state index in [1.807, 2.05) is 33.3 Å². The smallest absolute Gasteiger partial charge is 0.223 e. The van der Waals surface area contributed by atoms with Gasteiger partial charge in [-0.2, -0.15) is 0 Å². The van der Waals surface area contributed by atoms with Gasteiger partial charge in [-0.05, 0) is 18.7 Å². The molecule has 1 aromatic carbocycles. The van der Waals surface area contributed by atoms with Crippen molar-refractivity contribution in [2.24, 2.45) is 7.05 Å². The van der Waals surface area contributed by atoms with E-state index in [9.17, 15) is 4.79 Å². The third-order valence-corrected chi connectivity index (χ3v) is 3.40. The van der Waals surface area contributed by atoms with Gasteiger partial charge < -0.3 is 14.8 Å². The first-order valence-corrected chi connectivity index (χ1v) is 6.55. The summed E-state index contributed by atoms with van der Waals surface area (Å²) in [7, 11) is 5.76. The minimum Gasteiger partial charge on any atom is -0.350 e. The summed E-state index contributed by atoms with van der Waals surface area (Å²) in [6.45, 7) is 1.38. The van der Waals surface area contributed by atoms with Gasteiger partial charge in [-0.25, -0.2) is 0 Å². The van der Waals surface area contributed by atoms with Crippen LogP contribution in [0.5, 0.6) is 0 Å². The van der Waals surface area contributed by atoms with Crippen molar-refractivity contribution in [2.45, 2.75) is 13.0 Å².